The van der Waals surface area contributed by atoms with Crippen LogP contribution in [-0.4, -0.2) is 29.6 Å². The fourth-order valence-corrected chi connectivity index (χ4v) is 3.95. The Kier molecular flexibility index (Phi) is 3.42. The molecule has 4 rings (SSSR count). The molecule has 6 nitrogen and oxygen atoms in total. The molecule has 2 bridgehead atoms. The molecule has 3 aliphatic rings. The molecule has 2 aliphatic carbocycles. The number of amides is 2. The largest absolute Gasteiger partial charge is 0.478 e. The molecule has 1 aliphatic heterocycles. The number of benzene rings is 1. The molecule has 0 spiro atoms. The normalized spacial score (nSPS) is 30.2. The van der Waals surface area contributed by atoms with E-state index in [-0.39, 0.29) is 42.1 Å². The molecular formula is C18H15N3O3. The summed E-state index contributed by atoms with van der Waals surface area (Å²) in [7, 11) is 0. The van der Waals surface area contributed by atoms with Crippen LogP contribution in [0, 0.1) is 35.0 Å². The molecule has 120 valence electrons. The van der Waals surface area contributed by atoms with Crippen molar-refractivity contribution in [1.29, 1.82) is 5.26 Å². The number of fused-ring (bicyclic) bond motifs is 5. The van der Waals surface area contributed by atoms with Crippen LogP contribution in [0.2, 0.25) is 0 Å². The number of nitriles is 1. The van der Waals surface area contributed by atoms with Gasteiger partial charge in [-0.1, -0.05) is 24.3 Å². The maximum Gasteiger partial charge on any atom is 0.254 e. The smallest absolute Gasteiger partial charge is 0.254 e. The van der Waals surface area contributed by atoms with E-state index in [0.717, 1.165) is 11.4 Å². The summed E-state index contributed by atoms with van der Waals surface area (Å²) < 4.78 is 5.32. The zero-order valence-electron chi connectivity index (χ0n) is 12.8. The van der Waals surface area contributed by atoms with Crippen LogP contribution < -0.4 is 4.74 Å². The predicted molar refractivity (Wildman–Crippen MR) is 84.7 cm³/mol. The van der Waals surface area contributed by atoms with Crippen LogP contribution in [0.4, 0.5) is 0 Å². The first kappa shape index (κ1) is 14.6. The van der Waals surface area contributed by atoms with Gasteiger partial charge in [-0.05, 0) is 30.4 Å². The van der Waals surface area contributed by atoms with Crippen LogP contribution in [0.3, 0.4) is 0 Å². The van der Waals surface area contributed by atoms with Crippen molar-refractivity contribution in [3.8, 4) is 11.8 Å². The lowest BCUT2D eigenvalue weighted by atomic mass is 9.85. The second kappa shape index (κ2) is 5.60. The summed E-state index contributed by atoms with van der Waals surface area (Å²) in [5.41, 5.74) is 0.617. The highest BCUT2D eigenvalue weighted by Crippen LogP contribution is 2.52. The van der Waals surface area contributed by atoms with Gasteiger partial charge in [-0.25, -0.2) is 0 Å². The highest BCUT2D eigenvalue weighted by atomic mass is 16.5. The predicted octanol–water partition coefficient (Wildman–Crippen LogP) is 1.73. The number of allylic oxidation sites excluding steroid dienone is 2. The van der Waals surface area contributed by atoms with Crippen molar-refractivity contribution in [1.82, 2.24) is 5.01 Å². The second-order valence-corrected chi connectivity index (χ2v) is 6.22. The fourth-order valence-electron chi connectivity index (χ4n) is 3.95. The minimum atomic E-state index is -0.255. The number of para-hydroxylation sites is 1. The van der Waals surface area contributed by atoms with Crippen molar-refractivity contribution in [2.75, 3.05) is 6.61 Å². The van der Waals surface area contributed by atoms with Crippen molar-refractivity contribution < 1.29 is 14.3 Å². The summed E-state index contributed by atoms with van der Waals surface area (Å²) in [5, 5.41) is 13.8. The highest BCUT2D eigenvalue weighted by Gasteiger charge is 2.59. The van der Waals surface area contributed by atoms with E-state index < -0.39 is 0 Å². The topological polar surface area (TPSA) is 82.8 Å². The van der Waals surface area contributed by atoms with E-state index in [1.54, 1.807) is 24.3 Å². The SMILES string of the molecule is N#CCOc1ccccc1C=NN1C(=O)C2C3C=CC(C3)C2C1=O. The first-order chi connectivity index (χ1) is 11.7. The third-order valence-corrected chi connectivity index (χ3v) is 4.97. The Balaban J connectivity index is 1.57. The van der Waals surface area contributed by atoms with Gasteiger partial charge in [-0.2, -0.15) is 15.4 Å². The second-order valence-electron chi connectivity index (χ2n) is 6.22. The van der Waals surface area contributed by atoms with Crippen LogP contribution in [0.5, 0.6) is 5.75 Å². The van der Waals surface area contributed by atoms with Crippen LogP contribution in [-0.2, 0) is 9.59 Å². The number of hydrazone groups is 1. The molecule has 1 heterocycles. The van der Waals surface area contributed by atoms with E-state index in [1.165, 1.54) is 6.21 Å². The number of carbonyl (C=O) groups is 2. The molecule has 1 saturated carbocycles. The minimum absolute atomic E-state index is 0.0778. The molecule has 1 saturated heterocycles. The first-order valence-corrected chi connectivity index (χ1v) is 7.89. The number of imide groups is 1. The van der Waals surface area contributed by atoms with E-state index in [4.69, 9.17) is 10.00 Å². The van der Waals surface area contributed by atoms with Crippen LogP contribution in [0.1, 0.15) is 12.0 Å². The molecule has 4 unspecified atom stereocenters. The lowest BCUT2D eigenvalue weighted by Crippen LogP contribution is -2.28. The van der Waals surface area contributed by atoms with E-state index in [0.29, 0.717) is 11.3 Å². The van der Waals surface area contributed by atoms with Crippen molar-refractivity contribution in [2.45, 2.75) is 6.42 Å². The van der Waals surface area contributed by atoms with Crippen LogP contribution in [0.15, 0.2) is 41.5 Å². The van der Waals surface area contributed by atoms with Crippen LogP contribution in [0.25, 0.3) is 0 Å². The zero-order valence-corrected chi connectivity index (χ0v) is 12.8. The Bertz CT molecular complexity index is 778. The van der Waals surface area contributed by atoms with E-state index in [1.807, 2.05) is 6.07 Å². The number of hydrogen-bond acceptors (Lipinski definition) is 5. The maximum atomic E-state index is 12.5. The molecule has 2 amide bonds. The number of carbonyl (C=O) groups excluding carboxylic acids is 2. The average molecular weight is 321 g/mol. The van der Waals surface area contributed by atoms with Gasteiger partial charge in [0.15, 0.2) is 6.61 Å². The number of nitrogens with zero attached hydrogens (tertiary/aromatic N) is 3. The van der Waals surface area contributed by atoms with Gasteiger partial charge in [-0.15, -0.1) is 0 Å². The Morgan fingerprint density at radius 2 is 1.88 bits per heavy atom. The van der Waals surface area contributed by atoms with E-state index in [9.17, 15) is 9.59 Å². The molecule has 0 aromatic heterocycles. The standard InChI is InChI=1S/C18H15N3O3/c19-7-8-24-14-4-2-1-3-13(14)10-20-21-17(22)15-11-5-6-12(9-11)16(15)18(21)23/h1-6,10-12,15-16H,8-9H2. The zero-order chi connectivity index (χ0) is 16.7. The maximum absolute atomic E-state index is 12.5. The minimum Gasteiger partial charge on any atom is -0.478 e. The highest BCUT2D eigenvalue weighted by molar-refractivity contribution is 6.06. The third kappa shape index (κ3) is 2.13. The monoisotopic (exact) mass is 321 g/mol. The Hall–Kier alpha value is -2.94. The lowest BCUT2D eigenvalue weighted by Gasteiger charge is -2.13. The summed E-state index contributed by atoms with van der Waals surface area (Å²) in [6, 6.07) is 8.96. The summed E-state index contributed by atoms with van der Waals surface area (Å²) in [5.74, 6) is -0.110. The van der Waals surface area contributed by atoms with E-state index >= 15 is 0 Å². The molecule has 24 heavy (non-hydrogen) atoms. The molecular weight excluding hydrogens is 306 g/mol. The van der Waals surface area contributed by atoms with Gasteiger partial charge >= 0.3 is 0 Å². The van der Waals surface area contributed by atoms with Gasteiger partial charge in [0.1, 0.15) is 11.8 Å². The summed E-state index contributed by atoms with van der Waals surface area (Å²) in [6.07, 6.45) is 6.44. The molecule has 1 aromatic rings. The molecule has 6 heteroatoms. The first-order valence-electron chi connectivity index (χ1n) is 7.89. The summed E-state index contributed by atoms with van der Waals surface area (Å²) >= 11 is 0. The molecule has 0 N–H and O–H groups in total. The molecule has 4 atom stereocenters. The van der Waals surface area contributed by atoms with Gasteiger partial charge in [0, 0.05) is 5.56 Å². The third-order valence-electron chi connectivity index (χ3n) is 4.97. The quantitative estimate of drug-likeness (QED) is 0.480. The molecule has 1 aromatic carbocycles. The summed E-state index contributed by atoms with van der Waals surface area (Å²) in [6.45, 7) is -0.0778. The average Bonchev–Trinajstić information content (AvgIpc) is 3.27. The van der Waals surface area contributed by atoms with E-state index in [2.05, 4.69) is 17.3 Å². The van der Waals surface area contributed by atoms with Gasteiger partial charge < -0.3 is 4.74 Å². The van der Waals surface area contributed by atoms with Gasteiger partial charge in [0.25, 0.3) is 11.8 Å². The molecule has 0 radical (unpaired) electrons. The number of hydrogen-bond donors (Lipinski definition) is 0. The van der Waals surface area contributed by atoms with Gasteiger partial charge in [0.2, 0.25) is 0 Å². The van der Waals surface area contributed by atoms with Crippen molar-refractivity contribution >= 4 is 18.0 Å². The number of ether oxygens (including phenoxy) is 1. The molecule has 2 fully saturated rings. The van der Waals surface area contributed by atoms with Gasteiger partial charge in [-0.3, -0.25) is 9.59 Å². The lowest BCUT2D eigenvalue weighted by molar-refractivity contribution is -0.140. The van der Waals surface area contributed by atoms with Crippen molar-refractivity contribution in [2.24, 2.45) is 28.8 Å². The number of rotatable bonds is 4. The summed E-state index contributed by atoms with van der Waals surface area (Å²) in [4.78, 5) is 25.1. The fraction of sp³-hybridized carbons (Fsp3) is 0.333. The van der Waals surface area contributed by atoms with Crippen molar-refractivity contribution in [3.05, 3.63) is 42.0 Å². The van der Waals surface area contributed by atoms with Crippen LogP contribution >= 0.6 is 0 Å². The Morgan fingerprint density at radius 1 is 1.21 bits per heavy atom. The Morgan fingerprint density at radius 3 is 2.54 bits per heavy atom. The van der Waals surface area contributed by atoms with Crippen molar-refractivity contribution in [3.63, 3.8) is 0 Å². The van der Waals surface area contributed by atoms with Gasteiger partial charge in [0.05, 0.1) is 18.1 Å². The Labute approximate surface area is 139 Å².